The number of halogens is 1. The molecule has 1 aliphatic rings. The lowest BCUT2D eigenvalue weighted by Crippen LogP contribution is -2.57. The van der Waals surface area contributed by atoms with Crippen LogP contribution in [0, 0.1) is 6.92 Å². The SMILES string of the molecule is COC[C@H]1CN(c2ccc(Oc3c(Cl)cnc4nc(-c5cn(C)nc5C)[nH]c34)cc2)CCN1C(=O)OC(C)(C)C. The lowest BCUT2D eigenvalue weighted by Gasteiger charge is -2.42. The van der Waals surface area contributed by atoms with Crippen molar-refractivity contribution in [2.24, 2.45) is 7.05 Å². The maximum absolute atomic E-state index is 12.8. The Morgan fingerprint density at radius 3 is 2.60 bits per heavy atom. The zero-order valence-corrected chi connectivity index (χ0v) is 24.3. The highest BCUT2D eigenvalue weighted by molar-refractivity contribution is 6.32. The van der Waals surface area contributed by atoms with Gasteiger partial charge in [-0.05, 0) is 52.0 Å². The van der Waals surface area contributed by atoms with Crippen LogP contribution in [-0.2, 0) is 16.5 Å². The summed E-state index contributed by atoms with van der Waals surface area (Å²) in [6.07, 6.45) is 3.12. The maximum Gasteiger partial charge on any atom is 0.410 e. The van der Waals surface area contributed by atoms with Crippen molar-refractivity contribution < 1.29 is 19.0 Å². The van der Waals surface area contributed by atoms with E-state index in [1.165, 1.54) is 6.20 Å². The summed E-state index contributed by atoms with van der Waals surface area (Å²) >= 11 is 6.51. The van der Waals surface area contributed by atoms with Crippen LogP contribution in [-0.4, -0.2) is 80.7 Å². The van der Waals surface area contributed by atoms with Gasteiger partial charge in [0.25, 0.3) is 0 Å². The van der Waals surface area contributed by atoms with Gasteiger partial charge in [0.1, 0.15) is 27.7 Å². The fourth-order valence-corrected chi connectivity index (χ4v) is 4.98. The van der Waals surface area contributed by atoms with Crippen molar-refractivity contribution in [1.29, 1.82) is 0 Å². The molecule has 0 unspecified atom stereocenters. The molecule has 4 heterocycles. The number of piperazine rings is 1. The van der Waals surface area contributed by atoms with Crippen LogP contribution in [0.5, 0.6) is 11.5 Å². The van der Waals surface area contributed by atoms with Crippen molar-refractivity contribution >= 4 is 34.5 Å². The summed E-state index contributed by atoms with van der Waals surface area (Å²) in [4.78, 5) is 29.0. The summed E-state index contributed by atoms with van der Waals surface area (Å²) in [5.41, 5.74) is 3.30. The number of benzene rings is 1. The van der Waals surface area contributed by atoms with Gasteiger partial charge in [-0.25, -0.2) is 14.8 Å². The molecule has 1 aliphatic heterocycles. The molecule has 1 saturated heterocycles. The van der Waals surface area contributed by atoms with Gasteiger partial charge >= 0.3 is 6.09 Å². The third-order valence-electron chi connectivity index (χ3n) is 6.59. The number of hydrogen-bond acceptors (Lipinski definition) is 8. The molecule has 0 bridgehead atoms. The second-order valence-electron chi connectivity index (χ2n) is 10.8. The van der Waals surface area contributed by atoms with Gasteiger partial charge in [-0.2, -0.15) is 5.10 Å². The van der Waals surface area contributed by atoms with Crippen LogP contribution in [0.2, 0.25) is 5.02 Å². The number of aromatic amines is 1. The molecule has 0 radical (unpaired) electrons. The molecule has 0 spiro atoms. The van der Waals surface area contributed by atoms with E-state index in [9.17, 15) is 4.79 Å². The van der Waals surface area contributed by atoms with Gasteiger partial charge in [-0.15, -0.1) is 0 Å². The third-order valence-corrected chi connectivity index (χ3v) is 6.86. The molecule has 1 aromatic carbocycles. The summed E-state index contributed by atoms with van der Waals surface area (Å²) in [7, 11) is 3.51. The number of aryl methyl sites for hydroxylation is 2. The minimum absolute atomic E-state index is 0.133. The molecule has 1 atom stereocenters. The molecule has 12 heteroatoms. The van der Waals surface area contributed by atoms with Gasteiger partial charge in [-0.1, -0.05) is 11.6 Å². The smallest absolute Gasteiger partial charge is 0.410 e. The zero-order chi connectivity index (χ0) is 28.6. The van der Waals surface area contributed by atoms with Crippen molar-refractivity contribution in [2.45, 2.75) is 39.3 Å². The van der Waals surface area contributed by atoms with Crippen LogP contribution >= 0.6 is 11.6 Å². The molecule has 4 aromatic rings. The van der Waals surface area contributed by atoms with Crippen molar-refractivity contribution in [3.63, 3.8) is 0 Å². The normalized spacial score (nSPS) is 16.0. The van der Waals surface area contributed by atoms with Crippen LogP contribution in [0.1, 0.15) is 26.5 Å². The standard InChI is InChI=1S/C28H34ClN7O4/c1-17-21(15-34(5)33-17)25-31-23-24(22(29)13-30-26(23)32-25)39-20-9-7-18(8-10-20)35-11-12-36(19(14-35)16-38-6)27(37)40-28(2,3)4/h7-10,13,15,19H,11-12,14,16H2,1-6H3,(H,30,31,32)/t19-/m1/s1. The summed E-state index contributed by atoms with van der Waals surface area (Å²) in [5.74, 6) is 1.71. The Bertz CT molecular complexity index is 1510. The number of amides is 1. The van der Waals surface area contributed by atoms with Crippen LogP contribution in [0.3, 0.4) is 0 Å². The summed E-state index contributed by atoms with van der Waals surface area (Å²) in [6, 6.07) is 7.64. The first-order valence-corrected chi connectivity index (χ1v) is 13.5. The fourth-order valence-electron chi connectivity index (χ4n) is 4.80. The third kappa shape index (κ3) is 5.85. The van der Waals surface area contributed by atoms with E-state index >= 15 is 0 Å². The molecule has 3 aromatic heterocycles. The predicted octanol–water partition coefficient (Wildman–Crippen LogP) is 5.18. The first-order valence-electron chi connectivity index (χ1n) is 13.1. The Labute approximate surface area is 238 Å². The number of anilines is 1. The van der Waals surface area contributed by atoms with Gasteiger partial charge in [0.2, 0.25) is 0 Å². The average Bonchev–Trinajstić information content (AvgIpc) is 3.47. The number of H-pyrrole nitrogens is 1. The van der Waals surface area contributed by atoms with Gasteiger partial charge in [0.05, 0.1) is 30.1 Å². The number of nitrogens with one attached hydrogen (secondary N) is 1. The second kappa shape index (κ2) is 11.0. The molecule has 212 valence electrons. The molecule has 1 amide bonds. The highest BCUT2D eigenvalue weighted by Crippen LogP contribution is 2.36. The molecule has 0 aliphatic carbocycles. The van der Waals surface area contributed by atoms with Gasteiger partial charge in [0, 0.05) is 45.7 Å². The monoisotopic (exact) mass is 567 g/mol. The highest BCUT2D eigenvalue weighted by atomic mass is 35.5. The van der Waals surface area contributed by atoms with Gasteiger partial charge in [0.15, 0.2) is 11.4 Å². The molecule has 1 fully saturated rings. The number of nitrogens with zero attached hydrogens (tertiary/aromatic N) is 6. The summed E-state index contributed by atoms with van der Waals surface area (Å²) in [5, 5.41) is 4.77. The number of ether oxygens (including phenoxy) is 3. The van der Waals surface area contributed by atoms with E-state index in [0.29, 0.717) is 59.8 Å². The van der Waals surface area contributed by atoms with Crippen LogP contribution < -0.4 is 9.64 Å². The summed E-state index contributed by atoms with van der Waals surface area (Å²) in [6.45, 7) is 9.77. The molecular weight excluding hydrogens is 534 g/mol. The first-order chi connectivity index (χ1) is 19.0. The molecule has 11 nitrogen and oxygen atoms in total. The van der Waals surface area contributed by atoms with Crippen LogP contribution in [0.15, 0.2) is 36.7 Å². The van der Waals surface area contributed by atoms with E-state index in [1.54, 1.807) is 16.7 Å². The second-order valence-corrected chi connectivity index (χ2v) is 11.3. The van der Waals surface area contributed by atoms with E-state index in [2.05, 4.69) is 25.0 Å². The number of carbonyl (C=O) groups excluding carboxylic acids is 1. The van der Waals surface area contributed by atoms with Crippen LogP contribution in [0.4, 0.5) is 10.5 Å². The van der Waals surface area contributed by atoms with Crippen molar-refractivity contribution in [2.75, 3.05) is 38.3 Å². The molecule has 1 N–H and O–H groups in total. The Balaban J connectivity index is 1.33. The van der Waals surface area contributed by atoms with E-state index in [4.69, 9.17) is 25.8 Å². The Kier molecular flexibility index (Phi) is 7.61. The zero-order valence-electron chi connectivity index (χ0n) is 23.6. The Morgan fingerprint density at radius 1 is 1.20 bits per heavy atom. The van der Waals surface area contributed by atoms with E-state index in [0.717, 1.165) is 16.9 Å². The topological polar surface area (TPSA) is 111 Å². The quantitative estimate of drug-likeness (QED) is 0.339. The average molecular weight is 568 g/mol. The number of aromatic nitrogens is 5. The largest absolute Gasteiger partial charge is 0.453 e. The lowest BCUT2D eigenvalue weighted by molar-refractivity contribution is 0.00343. The van der Waals surface area contributed by atoms with Crippen molar-refractivity contribution in [1.82, 2.24) is 29.6 Å². The van der Waals surface area contributed by atoms with E-state index < -0.39 is 5.60 Å². The molecule has 5 rings (SSSR count). The number of pyridine rings is 1. The number of hydrogen-bond donors (Lipinski definition) is 1. The van der Waals surface area contributed by atoms with Gasteiger partial charge < -0.3 is 24.1 Å². The molecule has 0 saturated carbocycles. The van der Waals surface area contributed by atoms with Crippen molar-refractivity contribution in [3.8, 4) is 22.9 Å². The van der Waals surface area contributed by atoms with Crippen molar-refractivity contribution in [3.05, 3.63) is 47.4 Å². The van der Waals surface area contributed by atoms with E-state index in [-0.39, 0.29) is 12.1 Å². The number of rotatable bonds is 6. The predicted molar refractivity (Wildman–Crippen MR) is 153 cm³/mol. The number of methoxy groups -OCH3 is 1. The minimum atomic E-state index is -0.555. The fraction of sp³-hybridized carbons (Fsp3) is 0.429. The number of imidazole rings is 1. The summed E-state index contributed by atoms with van der Waals surface area (Å²) < 4.78 is 19.0. The van der Waals surface area contributed by atoms with Crippen LogP contribution in [0.25, 0.3) is 22.6 Å². The maximum atomic E-state index is 12.8. The van der Waals surface area contributed by atoms with Gasteiger partial charge in [-0.3, -0.25) is 9.58 Å². The van der Waals surface area contributed by atoms with E-state index in [1.807, 2.05) is 65.2 Å². The lowest BCUT2D eigenvalue weighted by atomic mass is 10.1. The minimum Gasteiger partial charge on any atom is -0.453 e. The number of fused-ring (bicyclic) bond motifs is 1. The molecule has 40 heavy (non-hydrogen) atoms. The first kappa shape index (κ1) is 27.7. The Morgan fingerprint density at radius 2 is 1.95 bits per heavy atom. The highest BCUT2D eigenvalue weighted by Gasteiger charge is 2.33. The molecular formula is C28H34ClN7O4. The Hall–Kier alpha value is -3.83. The number of carbonyl (C=O) groups is 1.